The summed E-state index contributed by atoms with van der Waals surface area (Å²) in [7, 11) is 0. The second-order valence-electron chi connectivity index (χ2n) is 4.74. The molecule has 1 aromatic heterocycles. The standard InChI is InChI=1S/C16H16ClNO4S/c1-2-18(9-13-6-7-14(17)23-13)15(20)10-22-16(21)11-4-3-5-12(19)8-11/h3-8,19H,2,9-10H2,1H3. The lowest BCUT2D eigenvalue weighted by Gasteiger charge is -2.19. The Kier molecular flexibility index (Phi) is 6.01. The van der Waals surface area contributed by atoms with Crippen molar-refractivity contribution in [1.29, 1.82) is 0 Å². The number of amides is 1. The van der Waals surface area contributed by atoms with Crippen LogP contribution in [0.5, 0.6) is 5.75 Å². The van der Waals surface area contributed by atoms with Crippen LogP contribution in [0.4, 0.5) is 0 Å². The molecule has 0 aliphatic heterocycles. The molecule has 1 N–H and O–H groups in total. The van der Waals surface area contributed by atoms with Gasteiger partial charge in [0.2, 0.25) is 0 Å². The van der Waals surface area contributed by atoms with Gasteiger partial charge < -0.3 is 14.7 Å². The van der Waals surface area contributed by atoms with Crippen molar-refractivity contribution in [3.63, 3.8) is 0 Å². The van der Waals surface area contributed by atoms with Crippen LogP contribution in [0.1, 0.15) is 22.2 Å². The molecule has 0 aliphatic rings. The number of benzene rings is 1. The zero-order chi connectivity index (χ0) is 16.8. The number of carbonyl (C=O) groups excluding carboxylic acids is 2. The summed E-state index contributed by atoms with van der Waals surface area (Å²) in [5.74, 6) is -0.967. The molecule has 122 valence electrons. The average Bonchev–Trinajstić information content (AvgIpc) is 2.95. The minimum atomic E-state index is -0.649. The first-order valence-electron chi connectivity index (χ1n) is 6.97. The molecule has 0 unspecified atom stereocenters. The lowest BCUT2D eigenvalue weighted by molar-refractivity contribution is -0.134. The van der Waals surface area contributed by atoms with Crippen molar-refractivity contribution in [2.75, 3.05) is 13.2 Å². The highest BCUT2D eigenvalue weighted by Gasteiger charge is 2.16. The number of ether oxygens (including phenoxy) is 1. The van der Waals surface area contributed by atoms with Gasteiger partial charge in [0.05, 0.1) is 16.4 Å². The molecule has 0 radical (unpaired) electrons. The topological polar surface area (TPSA) is 66.8 Å². The second-order valence-corrected chi connectivity index (χ2v) is 6.54. The van der Waals surface area contributed by atoms with Crippen molar-refractivity contribution in [3.05, 3.63) is 51.2 Å². The number of nitrogens with zero attached hydrogens (tertiary/aromatic N) is 1. The van der Waals surface area contributed by atoms with Gasteiger partial charge in [0.25, 0.3) is 5.91 Å². The number of phenolic OH excluding ortho intramolecular Hbond substituents is 1. The molecule has 2 rings (SSSR count). The minimum Gasteiger partial charge on any atom is -0.508 e. The molecule has 0 saturated carbocycles. The monoisotopic (exact) mass is 353 g/mol. The number of hydrogen-bond donors (Lipinski definition) is 1. The predicted molar refractivity (Wildman–Crippen MR) is 88.8 cm³/mol. The largest absolute Gasteiger partial charge is 0.508 e. The van der Waals surface area contributed by atoms with Gasteiger partial charge in [0.1, 0.15) is 5.75 Å². The summed E-state index contributed by atoms with van der Waals surface area (Å²) < 4.78 is 5.67. The quantitative estimate of drug-likeness (QED) is 0.809. The Morgan fingerprint density at radius 1 is 1.30 bits per heavy atom. The van der Waals surface area contributed by atoms with E-state index in [-0.39, 0.29) is 23.8 Å². The van der Waals surface area contributed by atoms with E-state index in [0.29, 0.717) is 17.4 Å². The molecule has 0 aliphatic carbocycles. The van der Waals surface area contributed by atoms with Gasteiger partial charge >= 0.3 is 5.97 Å². The van der Waals surface area contributed by atoms with Gasteiger partial charge in [-0.15, -0.1) is 11.3 Å². The summed E-state index contributed by atoms with van der Waals surface area (Å²) in [6.45, 7) is 2.43. The van der Waals surface area contributed by atoms with E-state index in [2.05, 4.69) is 0 Å². The highest BCUT2D eigenvalue weighted by Crippen LogP contribution is 2.22. The molecule has 0 bridgehead atoms. The fourth-order valence-electron chi connectivity index (χ4n) is 1.94. The Labute approximate surface area is 143 Å². The van der Waals surface area contributed by atoms with Crippen LogP contribution in [0.2, 0.25) is 4.34 Å². The summed E-state index contributed by atoms with van der Waals surface area (Å²) in [6, 6.07) is 9.43. The first kappa shape index (κ1) is 17.3. The molecule has 2 aromatic rings. The van der Waals surface area contributed by atoms with Gasteiger partial charge in [0, 0.05) is 11.4 Å². The zero-order valence-corrected chi connectivity index (χ0v) is 14.1. The van der Waals surface area contributed by atoms with Crippen LogP contribution < -0.4 is 0 Å². The maximum Gasteiger partial charge on any atom is 0.338 e. The first-order valence-corrected chi connectivity index (χ1v) is 8.17. The van der Waals surface area contributed by atoms with E-state index < -0.39 is 5.97 Å². The van der Waals surface area contributed by atoms with Crippen molar-refractivity contribution < 1.29 is 19.4 Å². The third-order valence-corrected chi connectivity index (χ3v) is 4.33. The van der Waals surface area contributed by atoms with Crippen LogP contribution in [0, 0.1) is 0 Å². The molecule has 0 fully saturated rings. The third kappa shape index (κ3) is 4.97. The van der Waals surface area contributed by atoms with Gasteiger partial charge in [-0.05, 0) is 37.3 Å². The number of thiophene rings is 1. The third-order valence-electron chi connectivity index (χ3n) is 3.12. The van der Waals surface area contributed by atoms with Crippen molar-refractivity contribution in [2.24, 2.45) is 0 Å². The van der Waals surface area contributed by atoms with E-state index in [1.807, 2.05) is 13.0 Å². The van der Waals surface area contributed by atoms with Gasteiger partial charge in [-0.3, -0.25) is 4.79 Å². The Hall–Kier alpha value is -2.05. The molecule has 23 heavy (non-hydrogen) atoms. The van der Waals surface area contributed by atoms with E-state index in [9.17, 15) is 14.7 Å². The minimum absolute atomic E-state index is 0.0319. The fraction of sp³-hybridized carbons (Fsp3) is 0.250. The molecule has 0 saturated heterocycles. The molecule has 1 aromatic carbocycles. The maximum absolute atomic E-state index is 12.2. The van der Waals surface area contributed by atoms with E-state index in [1.54, 1.807) is 11.0 Å². The number of phenols is 1. The molecule has 0 atom stereocenters. The van der Waals surface area contributed by atoms with E-state index in [0.717, 1.165) is 4.88 Å². The van der Waals surface area contributed by atoms with Gasteiger partial charge in [-0.25, -0.2) is 4.79 Å². The first-order chi connectivity index (χ1) is 11.0. The summed E-state index contributed by atoms with van der Waals surface area (Å²) in [5.41, 5.74) is 0.200. The molecule has 5 nitrogen and oxygen atoms in total. The number of carbonyl (C=O) groups is 2. The number of likely N-dealkylation sites (N-methyl/N-ethyl adjacent to an activating group) is 1. The summed E-state index contributed by atoms with van der Waals surface area (Å²) in [6.07, 6.45) is 0. The SMILES string of the molecule is CCN(Cc1ccc(Cl)s1)C(=O)COC(=O)c1cccc(O)c1. The summed E-state index contributed by atoms with van der Waals surface area (Å²) in [5, 5.41) is 9.34. The number of rotatable bonds is 6. The van der Waals surface area contributed by atoms with Gasteiger partial charge in [0.15, 0.2) is 6.61 Å². The molecular weight excluding hydrogens is 338 g/mol. The molecule has 7 heteroatoms. The lowest BCUT2D eigenvalue weighted by Crippen LogP contribution is -2.33. The van der Waals surface area contributed by atoms with Crippen molar-refractivity contribution in [2.45, 2.75) is 13.5 Å². The van der Waals surface area contributed by atoms with Crippen molar-refractivity contribution >= 4 is 34.8 Å². The predicted octanol–water partition coefficient (Wildman–Crippen LogP) is 3.31. The van der Waals surface area contributed by atoms with Gasteiger partial charge in [-0.1, -0.05) is 17.7 Å². The Morgan fingerprint density at radius 3 is 2.70 bits per heavy atom. The fourth-order valence-corrected chi connectivity index (χ4v) is 3.04. The lowest BCUT2D eigenvalue weighted by atomic mass is 10.2. The molecule has 1 amide bonds. The van der Waals surface area contributed by atoms with E-state index in [1.165, 1.54) is 35.6 Å². The zero-order valence-electron chi connectivity index (χ0n) is 12.5. The highest BCUT2D eigenvalue weighted by molar-refractivity contribution is 7.16. The Bertz CT molecular complexity index is 701. The number of hydrogen-bond acceptors (Lipinski definition) is 5. The Balaban J connectivity index is 1.90. The van der Waals surface area contributed by atoms with Crippen LogP contribution in [-0.2, 0) is 16.1 Å². The highest BCUT2D eigenvalue weighted by atomic mass is 35.5. The van der Waals surface area contributed by atoms with Crippen LogP contribution in [0.3, 0.4) is 0 Å². The molecule has 0 spiro atoms. The second kappa shape index (κ2) is 7.99. The number of halogens is 1. The van der Waals surface area contributed by atoms with Crippen LogP contribution in [-0.4, -0.2) is 35.0 Å². The Morgan fingerprint density at radius 2 is 2.09 bits per heavy atom. The van der Waals surface area contributed by atoms with Crippen molar-refractivity contribution in [3.8, 4) is 5.75 Å². The van der Waals surface area contributed by atoms with Crippen LogP contribution in [0.15, 0.2) is 36.4 Å². The maximum atomic E-state index is 12.2. The van der Waals surface area contributed by atoms with E-state index >= 15 is 0 Å². The van der Waals surface area contributed by atoms with Crippen LogP contribution >= 0.6 is 22.9 Å². The van der Waals surface area contributed by atoms with Crippen molar-refractivity contribution in [1.82, 2.24) is 4.90 Å². The number of esters is 1. The smallest absolute Gasteiger partial charge is 0.338 e. The van der Waals surface area contributed by atoms with E-state index in [4.69, 9.17) is 16.3 Å². The average molecular weight is 354 g/mol. The van der Waals surface area contributed by atoms with Gasteiger partial charge in [-0.2, -0.15) is 0 Å². The molecule has 1 heterocycles. The normalized spacial score (nSPS) is 10.3. The summed E-state index contributed by atoms with van der Waals surface area (Å²) in [4.78, 5) is 26.6. The van der Waals surface area contributed by atoms with Crippen LogP contribution in [0.25, 0.3) is 0 Å². The summed E-state index contributed by atoms with van der Waals surface area (Å²) >= 11 is 7.28. The molecular formula is C16H16ClNO4S. The number of aromatic hydroxyl groups is 1.